The number of nitrogens with one attached hydrogen (secondary N) is 1. The number of likely N-dealkylation sites (tertiary alicyclic amines) is 1. The Morgan fingerprint density at radius 3 is 2.92 bits per heavy atom. The van der Waals surface area contributed by atoms with Gasteiger partial charge in [0, 0.05) is 11.5 Å². The van der Waals surface area contributed by atoms with Gasteiger partial charge >= 0.3 is 0 Å². The summed E-state index contributed by atoms with van der Waals surface area (Å²) in [6, 6.07) is 5.87. The van der Waals surface area contributed by atoms with Crippen LogP contribution in [0.15, 0.2) is 30.9 Å². The summed E-state index contributed by atoms with van der Waals surface area (Å²) in [7, 11) is 1.67. The highest BCUT2D eigenvalue weighted by Gasteiger charge is 2.18. The van der Waals surface area contributed by atoms with Crippen LogP contribution in [0.1, 0.15) is 25.3 Å². The maximum Gasteiger partial charge on any atom is 0.123 e. The Kier molecular flexibility index (Phi) is 8.13. The molecule has 1 fully saturated rings. The van der Waals surface area contributed by atoms with Gasteiger partial charge in [-0.2, -0.15) is 0 Å². The average Bonchev–Trinajstić information content (AvgIpc) is 2.59. The van der Waals surface area contributed by atoms with E-state index in [2.05, 4.69) is 13.5 Å². The van der Waals surface area contributed by atoms with Gasteiger partial charge < -0.3 is 19.1 Å². The average molecular weight is 334 g/mol. The maximum atomic E-state index is 5.86. The topological polar surface area (TPSA) is 32.1 Å². The van der Waals surface area contributed by atoms with Crippen LogP contribution in [0.5, 0.6) is 11.5 Å². The van der Waals surface area contributed by atoms with Gasteiger partial charge in [0.1, 0.15) is 24.7 Å². The summed E-state index contributed by atoms with van der Waals surface area (Å²) in [4.78, 5) is 1.68. The quantitative estimate of drug-likeness (QED) is 0.525. The zero-order chi connectivity index (χ0) is 17.2. The van der Waals surface area contributed by atoms with Crippen LogP contribution in [0.3, 0.4) is 0 Å². The van der Waals surface area contributed by atoms with Crippen LogP contribution in [0.4, 0.5) is 0 Å². The van der Waals surface area contributed by atoms with Gasteiger partial charge in [-0.15, -0.1) is 6.58 Å². The molecule has 1 aromatic rings. The molecule has 0 amide bonds. The molecule has 2 rings (SSSR count). The molecular formula is C20H32NO3+. The van der Waals surface area contributed by atoms with Crippen molar-refractivity contribution in [2.75, 3.05) is 46.6 Å². The van der Waals surface area contributed by atoms with Gasteiger partial charge in [0.25, 0.3) is 0 Å². The van der Waals surface area contributed by atoms with Gasteiger partial charge in [-0.1, -0.05) is 13.0 Å². The van der Waals surface area contributed by atoms with Crippen LogP contribution in [0, 0.1) is 5.92 Å². The minimum atomic E-state index is 0.572. The first-order valence-corrected chi connectivity index (χ1v) is 9.05. The molecule has 4 heteroatoms. The van der Waals surface area contributed by atoms with Gasteiger partial charge in [-0.3, -0.25) is 0 Å². The van der Waals surface area contributed by atoms with E-state index in [0.717, 1.165) is 42.6 Å². The number of methoxy groups -OCH3 is 1. The molecule has 2 atom stereocenters. The van der Waals surface area contributed by atoms with Crippen molar-refractivity contribution in [2.45, 2.75) is 26.2 Å². The van der Waals surface area contributed by atoms with Crippen molar-refractivity contribution in [1.29, 1.82) is 0 Å². The van der Waals surface area contributed by atoms with Crippen molar-refractivity contribution in [1.82, 2.24) is 0 Å². The molecule has 1 aliphatic heterocycles. The number of hydrogen-bond donors (Lipinski definition) is 1. The van der Waals surface area contributed by atoms with E-state index in [-0.39, 0.29) is 0 Å². The maximum absolute atomic E-state index is 5.86. The minimum absolute atomic E-state index is 0.572. The van der Waals surface area contributed by atoms with Crippen molar-refractivity contribution >= 4 is 0 Å². The fourth-order valence-corrected chi connectivity index (χ4v) is 3.29. The predicted molar refractivity (Wildman–Crippen MR) is 97.2 cm³/mol. The summed E-state index contributed by atoms with van der Waals surface area (Å²) in [6.45, 7) is 11.8. The van der Waals surface area contributed by atoms with E-state index in [0.29, 0.717) is 13.2 Å². The smallest absolute Gasteiger partial charge is 0.123 e. The van der Waals surface area contributed by atoms with Crippen LogP contribution >= 0.6 is 0 Å². The van der Waals surface area contributed by atoms with Gasteiger partial charge in [0.05, 0.1) is 33.4 Å². The summed E-state index contributed by atoms with van der Waals surface area (Å²) >= 11 is 0. The molecule has 1 aromatic carbocycles. The Labute approximate surface area is 146 Å². The Bertz CT molecular complexity index is 504. The molecule has 0 aliphatic carbocycles. The Balaban J connectivity index is 1.65. The second kappa shape index (κ2) is 10.4. The summed E-state index contributed by atoms with van der Waals surface area (Å²) in [6.07, 6.45) is 5.38. The number of ether oxygens (including phenoxy) is 3. The highest BCUT2D eigenvalue weighted by molar-refractivity contribution is 5.41. The van der Waals surface area contributed by atoms with Gasteiger partial charge in [-0.25, -0.2) is 0 Å². The SMILES string of the molecule is C=CCc1cc(OC)ccc1OCCOCC[NH+]1CCC[C@H](C)C1. The van der Waals surface area contributed by atoms with Gasteiger partial charge in [-0.05, 0) is 37.5 Å². The first-order valence-electron chi connectivity index (χ1n) is 9.05. The standard InChI is InChI=1S/C20H31NO3/c1-4-6-18-15-19(22-3)8-9-20(18)24-14-13-23-12-11-21-10-5-7-17(2)16-21/h4,8-9,15,17H,1,5-7,10-14,16H2,2-3H3/p+1/t17-/m0/s1. The van der Waals surface area contributed by atoms with E-state index in [1.165, 1.54) is 25.9 Å². The highest BCUT2D eigenvalue weighted by atomic mass is 16.5. The first kappa shape index (κ1) is 18.8. The zero-order valence-electron chi connectivity index (χ0n) is 15.2. The van der Waals surface area contributed by atoms with Crippen LogP contribution < -0.4 is 14.4 Å². The van der Waals surface area contributed by atoms with Crippen molar-refractivity contribution in [2.24, 2.45) is 5.92 Å². The molecule has 0 aromatic heterocycles. The molecule has 1 saturated heterocycles. The van der Waals surface area contributed by atoms with Crippen LogP contribution in [0.25, 0.3) is 0 Å². The lowest BCUT2D eigenvalue weighted by Crippen LogP contribution is -3.14. The molecule has 1 heterocycles. The van der Waals surface area contributed by atoms with Gasteiger partial charge in [0.2, 0.25) is 0 Å². The molecule has 0 radical (unpaired) electrons. The third-order valence-corrected chi connectivity index (χ3v) is 4.58. The third-order valence-electron chi connectivity index (χ3n) is 4.58. The second-order valence-electron chi connectivity index (χ2n) is 6.63. The summed E-state index contributed by atoms with van der Waals surface area (Å²) in [5.41, 5.74) is 1.09. The van der Waals surface area contributed by atoms with E-state index in [9.17, 15) is 0 Å². The molecule has 0 saturated carbocycles. The van der Waals surface area contributed by atoms with Crippen molar-refractivity contribution < 1.29 is 19.1 Å². The molecular weight excluding hydrogens is 302 g/mol. The Hall–Kier alpha value is -1.52. The second-order valence-corrected chi connectivity index (χ2v) is 6.63. The molecule has 0 bridgehead atoms. The molecule has 0 spiro atoms. The van der Waals surface area contributed by atoms with Crippen molar-refractivity contribution in [3.05, 3.63) is 36.4 Å². The molecule has 4 nitrogen and oxygen atoms in total. The third kappa shape index (κ3) is 6.17. The first-order chi connectivity index (χ1) is 11.7. The Morgan fingerprint density at radius 1 is 1.29 bits per heavy atom. The lowest BCUT2D eigenvalue weighted by molar-refractivity contribution is -0.908. The fraction of sp³-hybridized carbons (Fsp3) is 0.600. The molecule has 1 unspecified atom stereocenters. The monoisotopic (exact) mass is 334 g/mol. The van der Waals surface area contributed by atoms with Crippen LogP contribution in [0.2, 0.25) is 0 Å². The number of hydrogen-bond acceptors (Lipinski definition) is 3. The summed E-state index contributed by atoms with van der Waals surface area (Å²) in [5.74, 6) is 2.58. The van der Waals surface area contributed by atoms with E-state index in [1.54, 1.807) is 12.0 Å². The summed E-state index contributed by atoms with van der Waals surface area (Å²) in [5, 5.41) is 0. The molecule has 1 N–H and O–H groups in total. The number of allylic oxidation sites excluding steroid dienone is 1. The summed E-state index contributed by atoms with van der Waals surface area (Å²) < 4.78 is 16.9. The van der Waals surface area contributed by atoms with E-state index >= 15 is 0 Å². The number of rotatable bonds is 10. The number of benzene rings is 1. The van der Waals surface area contributed by atoms with Gasteiger partial charge in [0.15, 0.2) is 0 Å². The zero-order valence-corrected chi connectivity index (χ0v) is 15.2. The molecule has 1 aliphatic rings. The largest absolute Gasteiger partial charge is 0.497 e. The van der Waals surface area contributed by atoms with E-state index < -0.39 is 0 Å². The van der Waals surface area contributed by atoms with Crippen molar-refractivity contribution in [3.8, 4) is 11.5 Å². The fourth-order valence-electron chi connectivity index (χ4n) is 3.29. The van der Waals surface area contributed by atoms with E-state index in [1.807, 2.05) is 24.3 Å². The van der Waals surface area contributed by atoms with E-state index in [4.69, 9.17) is 14.2 Å². The molecule has 24 heavy (non-hydrogen) atoms. The predicted octanol–water partition coefficient (Wildman–Crippen LogP) is 2.13. The van der Waals surface area contributed by atoms with Crippen LogP contribution in [-0.4, -0.2) is 46.6 Å². The minimum Gasteiger partial charge on any atom is -0.497 e. The van der Waals surface area contributed by atoms with Crippen LogP contribution in [-0.2, 0) is 11.2 Å². The molecule has 134 valence electrons. The Morgan fingerprint density at radius 2 is 2.17 bits per heavy atom. The number of quaternary nitrogens is 1. The number of piperidine rings is 1. The lowest BCUT2D eigenvalue weighted by Gasteiger charge is -2.27. The van der Waals surface area contributed by atoms with Crippen molar-refractivity contribution in [3.63, 3.8) is 0 Å². The highest BCUT2D eigenvalue weighted by Crippen LogP contribution is 2.24. The normalized spacial score (nSPS) is 20.6. The lowest BCUT2D eigenvalue weighted by atomic mass is 10.0.